The number of carbonyl (C=O) groups excluding carboxylic acids is 1. The van der Waals surface area contributed by atoms with Gasteiger partial charge in [0.25, 0.3) is 4.84 Å². The first-order valence-corrected chi connectivity index (χ1v) is 8.42. The van der Waals surface area contributed by atoms with Gasteiger partial charge in [-0.05, 0) is 55.9 Å². The van der Waals surface area contributed by atoms with Gasteiger partial charge in [0.2, 0.25) is 11.8 Å². The zero-order valence-electron chi connectivity index (χ0n) is 13.7. The highest BCUT2D eigenvalue weighted by Crippen LogP contribution is 2.21. The van der Waals surface area contributed by atoms with Crippen LogP contribution < -0.4 is 5.32 Å². The molecule has 0 aliphatic rings. The molecule has 0 saturated heterocycles. The summed E-state index contributed by atoms with van der Waals surface area (Å²) in [5, 5.41) is 7.66. The number of rotatable bonds is 4. The molecular weight excluding hydrogens is 358 g/mol. The first-order valence-electron chi connectivity index (χ1n) is 7.63. The molecule has 0 spiro atoms. The van der Waals surface area contributed by atoms with Crippen LogP contribution in [-0.2, 0) is 11.3 Å². The summed E-state index contributed by atoms with van der Waals surface area (Å²) in [4.78, 5) is 12.4. The molecule has 0 aliphatic carbocycles. The van der Waals surface area contributed by atoms with E-state index in [1.807, 2.05) is 44.2 Å². The smallest absolute Gasteiger partial charge is 0.287 e. The Morgan fingerprint density at radius 3 is 2.68 bits per heavy atom. The zero-order valence-corrected chi connectivity index (χ0v) is 15.3. The van der Waals surface area contributed by atoms with Crippen molar-refractivity contribution in [3.05, 3.63) is 63.5 Å². The van der Waals surface area contributed by atoms with E-state index in [-0.39, 0.29) is 17.3 Å². The third-order valence-electron chi connectivity index (χ3n) is 3.67. The number of nitrogens with zero attached hydrogens (tertiary/aromatic N) is 2. The van der Waals surface area contributed by atoms with Crippen LogP contribution in [-0.4, -0.2) is 15.7 Å². The van der Waals surface area contributed by atoms with E-state index in [1.165, 1.54) is 4.68 Å². The maximum absolute atomic E-state index is 12.3. The van der Waals surface area contributed by atoms with Gasteiger partial charge in [0, 0.05) is 16.3 Å². The molecule has 1 heterocycles. The number of hydrogen-bond donors (Lipinski definition) is 1. The maximum Gasteiger partial charge on any atom is 0.287 e. The lowest BCUT2D eigenvalue weighted by Crippen LogP contribution is -2.20. The van der Waals surface area contributed by atoms with E-state index in [1.54, 1.807) is 12.1 Å². The van der Waals surface area contributed by atoms with E-state index in [9.17, 15) is 4.79 Å². The molecule has 0 aliphatic heterocycles. The SMILES string of the molecule is Cc1ccc(-c2nn(CC(=O)Nc3cc(Cl)ccc3C)c(=S)o2)cc1. The third-order valence-corrected chi connectivity index (χ3v) is 4.20. The fraction of sp³-hybridized carbons (Fsp3) is 0.167. The second-order valence-corrected chi connectivity index (χ2v) is 6.49. The molecule has 5 nitrogen and oxygen atoms in total. The second-order valence-electron chi connectivity index (χ2n) is 5.70. The highest BCUT2D eigenvalue weighted by Gasteiger charge is 2.12. The molecule has 1 amide bonds. The largest absolute Gasteiger partial charge is 0.409 e. The molecular formula is C18H16ClN3O2S. The van der Waals surface area contributed by atoms with Crippen LogP contribution in [0.2, 0.25) is 5.02 Å². The van der Waals surface area contributed by atoms with Crippen molar-refractivity contribution >= 4 is 35.4 Å². The van der Waals surface area contributed by atoms with Crippen molar-refractivity contribution in [2.75, 3.05) is 5.32 Å². The van der Waals surface area contributed by atoms with Gasteiger partial charge in [-0.25, -0.2) is 4.68 Å². The van der Waals surface area contributed by atoms with Crippen LogP contribution in [0.4, 0.5) is 5.69 Å². The monoisotopic (exact) mass is 373 g/mol. The van der Waals surface area contributed by atoms with Crippen LogP contribution >= 0.6 is 23.8 Å². The van der Waals surface area contributed by atoms with Gasteiger partial charge < -0.3 is 9.73 Å². The normalized spacial score (nSPS) is 10.7. The number of nitrogens with one attached hydrogen (secondary N) is 1. The summed E-state index contributed by atoms with van der Waals surface area (Å²) in [5.41, 5.74) is 3.52. The van der Waals surface area contributed by atoms with Gasteiger partial charge in [-0.1, -0.05) is 35.4 Å². The van der Waals surface area contributed by atoms with Gasteiger partial charge >= 0.3 is 0 Å². The summed E-state index contributed by atoms with van der Waals surface area (Å²) >= 11 is 11.1. The molecule has 25 heavy (non-hydrogen) atoms. The van der Waals surface area contributed by atoms with E-state index < -0.39 is 0 Å². The predicted octanol–water partition coefficient (Wildman–Crippen LogP) is 4.78. The summed E-state index contributed by atoms with van der Waals surface area (Å²) in [6.45, 7) is 3.85. The van der Waals surface area contributed by atoms with Crippen molar-refractivity contribution in [1.82, 2.24) is 9.78 Å². The Kier molecular flexibility index (Phi) is 5.01. The van der Waals surface area contributed by atoms with Crippen molar-refractivity contribution < 1.29 is 9.21 Å². The highest BCUT2D eigenvalue weighted by atomic mass is 35.5. The van der Waals surface area contributed by atoms with Crippen LogP contribution in [0, 0.1) is 18.7 Å². The number of benzene rings is 2. The van der Waals surface area contributed by atoms with Crippen molar-refractivity contribution in [2.45, 2.75) is 20.4 Å². The Morgan fingerprint density at radius 1 is 1.24 bits per heavy atom. The molecule has 0 atom stereocenters. The minimum Gasteiger partial charge on any atom is -0.409 e. The van der Waals surface area contributed by atoms with Gasteiger partial charge in [-0.3, -0.25) is 4.79 Å². The summed E-state index contributed by atoms with van der Waals surface area (Å²) in [6, 6.07) is 13.0. The van der Waals surface area contributed by atoms with Gasteiger partial charge in [-0.2, -0.15) is 0 Å². The standard InChI is InChI=1S/C18H16ClN3O2S/c1-11-3-6-13(7-4-11)17-21-22(18(25)24-17)10-16(23)20-15-9-14(19)8-5-12(15)2/h3-9H,10H2,1-2H3,(H,20,23). The lowest BCUT2D eigenvalue weighted by atomic mass is 10.1. The van der Waals surface area contributed by atoms with Crippen LogP contribution in [0.3, 0.4) is 0 Å². The summed E-state index contributed by atoms with van der Waals surface area (Å²) < 4.78 is 6.86. The highest BCUT2D eigenvalue weighted by molar-refractivity contribution is 7.71. The third kappa shape index (κ3) is 4.15. The quantitative estimate of drug-likeness (QED) is 0.668. The predicted molar refractivity (Wildman–Crippen MR) is 100 cm³/mol. The van der Waals surface area contributed by atoms with Crippen molar-refractivity contribution in [2.24, 2.45) is 0 Å². The average Bonchev–Trinajstić information content (AvgIpc) is 2.92. The van der Waals surface area contributed by atoms with E-state index in [4.69, 9.17) is 28.2 Å². The molecule has 0 radical (unpaired) electrons. The lowest BCUT2D eigenvalue weighted by molar-refractivity contribution is -0.117. The average molecular weight is 374 g/mol. The molecule has 2 aromatic carbocycles. The molecule has 0 saturated carbocycles. The summed E-state index contributed by atoms with van der Waals surface area (Å²) in [6.07, 6.45) is 0. The zero-order chi connectivity index (χ0) is 18.0. The Hall–Kier alpha value is -2.44. The van der Waals surface area contributed by atoms with Crippen LogP contribution in [0.5, 0.6) is 0 Å². The first kappa shape index (κ1) is 17.4. The van der Waals surface area contributed by atoms with Crippen LogP contribution in [0.1, 0.15) is 11.1 Å². The van der Waals surface area contributed by atoms with Crippen molar-refractivity contribution in [1.29, 1.82) is 0 Å². The van der Waals surface area contributed by atoms with Gasteiger partial charge in [-0.15, -0.1) is 5.10 Å². The number of carbonyl (C=O) groups is 1. The molecule has 0 unspecified atom stereocenters. The lowest BCUT2D eigenvalue weighted by Gasteiger charge is -2.08. The summed E-state index contributed by atoms with van der Waals surface area (Å²) in [5.74, 6) is 0.127. The Balaban J connectivity index is 1.77. The molecule has 0 fully saturated rings. The van der Waals surface area contributed by atoms with E-state index in [0.717, 1.165) is 16.7 Å². The Labute approximate surface area is 155 Å². The van der Waals surface area contributed by atoms with Crippen molar-refractivity contribution in [3.63, 3.8) is 0 Å². The van der Waals surface area contributed by atoms with Gasteiger partial charge in [0.15, 0.2) is 0 Å². The number of hydrogen-bond acceptors (Lipinski definition) is 4. The number of aromatic nitrogens is 2. The van der Waals surface area contributed by atoms with Crippen LogP contribution in [0.15, 0.2) is 46.9 Å². The molecule has 0 bridgehead atoms. The van der Waals surface area contributed by atoms with Crippen molar-refractivity contribution in [3.8, 4) is 11.5 Å². The topological polar surface area (TPSA) is 60.1 Å². The molecule has 1 aromatic heterocycles. The molecule has 128 valence electrons. The number of halogens is 1. The Morgan fingerprint density at radius 2 is 1.96 bits per heavy atom. The van der Waals surface area contributed by atoms with Gasteiger partial charge in [0.1, 0.15) is 6.54 Å². The number of amides is 1. The molecule has 1 N–H and O–H groups in total. The van der Waals surface area contributed by atoms with E-state index >= 15 is 0 Å². The fourth-order valence-corrected chi connectivity index (χ4v) is 2.63. The maximum atomic E-state index is 12.3. The van der Waals surface area contributed by atoms with E-state index in [0.29, 0.717) is 16.6 Å². The summed E-state index contributed by atoms with van der Waals surface area (Å²) in [7, 11) is 0. The molecule has 3 rings (SSSR count). The minimum atomic E-state index is -0.259. The fourth-order valence-electron chi connectivity index (χ4n) is 2.27. The first-order chi connectivity index (χ1) is 11.9. The van der Waals surface area contributed by atoms with Gasteiger partial charge in [0.05, 0.1) is 0 Å². The number of anilines is 1. The Bertz CT molecular complexity index is 977. The molecule has 7 heteroatoms. The second kappa shape index (κ2) is 7.21. The van der Waals surface area contributed by atoms with Crippen LogP contribution in [0.25, 0.3) is 11.5 Å². The minimum absolute atomic E-state index is 0.0415. The van der Waals surface area contributed by atoms with E-state index in [2.05, 4.69) is 10.4 Å². The molecule has 3 aromatic rings. The number of aryl methyl sites for hydroxylation is 2.